The number of fused-ring (bicyclic) bond motifs is 1. The van der Waals surface area contributed by atoms with E-state index in [9.17, 15) is 9.59 Å². The molecule has 0 fully saturated rings. The first-order chi connectivity index (χ1) is 17.4. The quantitative estimate of drug-likeness (QED) is 0.329. The highest BCUT2D eigenvalue weighted by Crippen LogP contribution is 2.21. The number of hydrogen-bond donors (Lipinski definition) is 1. The van der Waals surface area contributed by atoms with Gasteiger partial charge < -0.3 is 10.1 Å². The highest BCUT2D eigenvalue weighted by molar-refractivity contribution is 5.84. The monoisotopic (exact) mass is 487 g/mol. The third-order valence-corrected chi connectivity index (χ3v) is 6.28. The van der Waals surface area contributed by atoms with Gasteiger partial charge in [0.2, 0.25) is 5.91 Å². The van der Waals surface area contributed by atoms with Crippen molar-refractivity contribution >= 4 is 16.8 Å². The van der Waals surface area contributed by atoms with Crippen LogP contribution in [-0.4, -0.2) is 32.1 Å². The number of hydrogen-bond acceptors (Lipinski definition) is 5. The second kappa shape index (κ2) is 11.2. The van der Waals surface area contributed by atoms with E-state index in [4.69, 9.17) is 4.74 Å². The number of rotatable bonds is 10. The molecule has 0 unspecified atom stereocenters. The molecule has 0 spiro atoms. The Kier molecular flexibility index (Phi) is 7.83. The summed E-state index contributed by atoms with van der Waals surface area (Å²) in [4.78, 5) is 26.7. The van der Waals surface area contributed by atoms with Gasteiger partial charge in [0.15, 0.2) is 0 Å². The number of nitrogens with one attached hydrogen (secondary N) is 1. The summed E-state index contributed by atoms with van der Waals surface area (Å²) >= 11 is 0. The fourth-order valence-electron chi connectivity index (χ4n) is 4.23. The van der Waals surface area contributed by atoms with Gasteiger partial charge in [-0.25, -0.2) is 9.36 Å². The Hall–Kier alpha value is -3.94. The van der Waals surface area contributed by atoms with Crippen molar-refractivity contribution in [3.8, 4) is 11.4 Å². The molecule has 0 aliphatic carbocycles. The number of carbonyl (C=O) groups excluding carboxylic acids is 1. The van der Waals surface area contributed by atoms with Crippen LogP contribution in [-0.2, 0) is 11.3 Å². The van der Waals surface area contributed by atoms with E-state index >= 15 is 0 Å². The molecule has 8 heteroatoms. The summed E-state index contributed by atoms with van der Waals surface area (Å²) < 4.78 is 8.76. The minimum absolute atomic E-state index is 0.248. The maximum atomic E-state index is 13.5. The molecular formula is C28H33N5O3. The molecular weight excluding hydrogens is 454 g/mol. The molecule has 2 heterocycles. The van der Waals surface area contributed by atoms with Gasteiger partial charge in [0, 0.05) is 6.54 Å². The maximum Gasteiger partial charge on any atom is 0.278 e. The summed E-state index contributed by atoms with van der Waals surface area (Å²) in [5.74, 6) is 0.568. The van der Waals surface area contributed by atoms with Gasteiger partial charge in [-0.2, -0.15) is 10.2 Å². The zero-order chi connectivity index (χ0) is 25.7. The third kappa shape index (κ3) is 5.17. The Morgan fingerprint density at radius 2 is 1.75 bits per heavy atom. The molecule has 4 rings (SSSR count). The van der Waals surface area contributed by atoms with Crippen LogP contribution in [0, 0.1) is 13.8 Å². The predicted octanol–water partition coefficient (Wildman–Crippen LogP) is 4.65. The molecule has 0 radical (unpaired) electrons. The van der Waals surface area contributed by atoms with Crippen LogP contribution < -0.4 is 15.6 Å². The number of carbonyl (C=O) groups is 1. The fourth-order valence-corrected chi connectivity index (χ4v) is 4.23. The number of ether oxygens (including phenoxy) is 1. The van der Waals surface area contributed by atoms with Crippen molar-refractivity contribution in [2.24, 2.45) is 0 Å². The Morgan fingerprint density at radius 1 is 1.03 bits per heavy atom. The molecule has 1 amide bonds. The zero-order valence-electron chi connectivity index (χ0n) is 21.3. The van der Waals surface area contributed by atoms with Gasteiger partial charge in [0.05, 0.1) is 29.1 Å². The number of aromatic nitrogens is 4. The van der Waals surface area contributed by atoms with E-state index in [2.05, 4.69) is 22.4 Å². The Labute approximate surface area is 210 Å². The number of para-hydroxylation sites is 1. The van der Waals surface area contributed by atoms with Crippen molar-refractivity contribution in [2.75, 3.05) is 6.61 Å². The average Bonchev–Trinajstić information content (AvgIpc) is 3.25. The normalized spacial score (nSPS) is 12.0. The smallest absolute Gasteiger partial charge is 0.278 e. The third-order valence-electron chi connectivity index (χ3n) is 6.28. The molecule has 2 aromatic carbocycles. The van der Waals surface area contributed by atoms with Crippen molar-refractivity contribution in [1.82, 2.24) is 24.9 Å². The van der Waals surface area contributed by atoms with Crippen LogP contribution >= 0.6 is 0 Å². The van der Waals surface area contributed by atoms with Crippen molar-refractivity contribution < 1.29 is 9.53 Å². The van der Waals surface area contributed by atoms with E-state index in [0.717, 1.165) is 35.5 Å². The van der Waals surface area contributed by atoms with E-state index in [-0.39, 0.29) is 11.5 Å². The van der Waals surface area contributed by atoms with Gasteiger partial charge in [-0.1, -0.05) is 50.6 Å². The van der Waals surface area contributed by atoms with Crippen LogP contribution in [0.5, 0.6) is 5.75 Å². The highest BCUT2D eigenvalue weighted by Gasteiger charge is 2.25. The Balaban J connectivity index is 1.55. The first-order valence-corrected chi connectivity index (χ1v) is 12.5. The molecule has 8 nitrogen and oxygen atoms in total. The molecule has 0 saturated carbocycles. The van der Waals surface area contributed by atoms with Crippen LogP contribution in [0.1, 0.15) is 56.1 Å². The number of amides is 1. The second-order valence-electron chi connectivity index (χ2n) is 8.88. The van der Waals surface area contributed by atoms with Crippen molar-refractivity contribution in [3.05, 3.63) is 81.9 Å². The first kappa shape index (κ1) is 25.2. The van der Waals surface area contributed by atoms with Gasteiger partial charge in [-0.05, 0) is 56.5 Å². The molecule has 2 aromatic heterocycles. The second-order valence-corrected chi connectivity index (χ2v) is 8.88. The lowest BCUT2D eigenvalue weighted by atomic mass is 10.1. The summed E-state index contributed by atoms with van der Waals surface area (Å²) in [6.07, 6.45) is 2.53. The van der Waals surface area contributed by atoms with Crippen LogP contribution in [0.15, 0.2) is 59.4 Å². The molecule has 36 heavy (non-hydrogen) atoms. The number of unbranched alkanes of at least 4 members (excludes halogenated alkanes) is 1. The Bertz CT molecular complexity index is 1390. The summed E-state index contributed by atoms with van der Waals surface area (Å²) in [5.41, 5.74) is 3.38. The van der Waals surface area contributed by atoms with Gasteiger partial charge in [-0.3, -0.25) is 9.59 Å². The summed E-state index contributed by atoms with van der Waals surface area (Å²) in [5, 5.41) is 12.6. The standard InChI is InChI=1S/C28H33N5O3/c1-5-7-17-36-23-15-13-21(14-16-23)18-29-27(34)24(6-2)33-28(35)25-20(4)32(22-11-9-8-10-12-22)31-26(25)19(3)30-33/h8-16,24H,5-7,17-18H2,1-4H3,(H,29,34)/t24-/m1/s1. The summed E-state index contributed by atoms with van der Waals surface area (Å²) in [6.45, 7) is 8.73. The van der Waals surface area contributed by atoms with Gasteiger partial charge >= 0.3 is 0 Å². The van der Waals surface area contributed by atoms with Crippen LogP contribution in [0.4, 0.5) is 0 Å². The van der Waals surface area contributed by atoms with Crippen molar-refractivity contribution in [3.63, 3.8) is 0 Å². The van der Waals surface area contributed by atoms with Crippen LogP contribution in [0.2, 0.25) is 0 Å². The SMILES string of the molecule is CCCCOc1ccc(CNC(=O)[C@@H](CC)n2nc(C)c3nn(-c4ccccc4)c(C)c3c2=O)cc1. The predicted molar refractivity (Wildman–Crippen MR) is 141 cm³/mol. The molecule has 0 aliphatic rings. The minimum atomic E-state index is -0.725. The maximum absolute atomic E-state index is 13.5. The topological polar surface area (TPSA) is 91.0 Å². The lowest BCUT2D eigenvalue weighted by molar-refractivity contribution is -0.125. The van der Waals surface area contributed by atoms with Crippen LogP contribution in [0.25, 0.3) is 16.6 Å². The molecule has 1 atom stereocenters. The van der Waals surface area contributed by atoms with Gasteiger partial charge in [0.25, 0.3) is 5.56 Å². The molecule has 1 N–H and O–H groups in total. The summed E-state index contributed by atoms with van der Waals surface area (Å²) in [6, 6.07) is 16.6. The Morgan fingerprint density at radius 3 is 2.42 bits per heavy atom. The molecule has 4 aromatic rings. The van der Waals surface area contributed by atoms with E-state index in [0.29, 0.717) is 36.2 Å². The largest absolute Gasteiger partial charge is 0.494 e. The molecule has 0 aliphatic heterocycles. The molecule has 0 saturated heterocycles. The minimum Gasteiger partial charge on any atom is -0.494 e. The summed E-state index contributed by atoms with van der Waals surface area (Å²) in [7, 11) is 0. The van der Waals surface area contributed by atoms with E-state index in [1.807, 2.05) is 75.4 Å². The van der Waals surface area contributed by atoms with Gasteiger partial charge in [-0.15, -0.1) is 0 Å². The highest BCUT2D eigenvalue weighted by atomic mass is 16.5. The fraction of sp³-hybridized carbons (Fsp3) is 0.357. The zero-order valence-corrected chi connectivity index (χ0v) is 21.3. The number of aryl methyl sites for hydroxylation is 2. The number of nitrogens with zero attached hydrogens (tertiary/aromatic N) is 4. The first-order valence-electron chi connectivity index (χ1n) is 12.5. The lowest BCUT2D eigenvalue weighted by Gasteiger charge is -2.17. The van der Waals surface area contributed by atoms with Gasteiger partial charge in [0.1, 0.15) is 17.3 Å². The number of benzene rings is 2. The van der Waals surface area contributed by atoms with Crippen molar-refractivity contribution in [1.29, 1.82) is 0 Å². The van der Waals surface area contributed by atoms with Crippen molar-refractivity contribution in [2.45, 2.75) is 59.5 Å². The average molecular weight is 488 g/mol. The lowest BCUT2D eigenvalue weighted by Crippen LogP contribution is -2.38. The van der Waals surface area contributed by atoms with Crippen LogP contribution in [0.3, 0.4) is 0 Å². The van der Waals surface area contributed by atoms with E-state index in [1.54, 1.807) is 4.68 Å². The van der Waals surface area contributed by atoms with E-state index in [1.165, 1.54) is 4.68 Å². The molecule has 0 bridgehead atoms. The van der Waals surface area contributed by atoms with E-state index < -0.39 is 6.04 Å². The molecule has 188 valence electrons.